The summed E-state index contributed by atoms with van der Waals surface area (Å²) in [6, 6.07) is -1.04. The lowest BCUT2D eigenvalue weighted by Gasteiger charge is -2.38. The molecule has 6 N–H and O–H groups in total. The molecular weight excluding hydrogens is 320 g/mol. The van der Waals surface area contributed by atoms with Crippen molar-refractivity contribution in [1.29, 1.82) is 0 Å². The van der Waals surface area contributed by atoms with Crippen LogP contribution in [0.5, 0.6) is 0 Å². The Morgan fingerprint density at radius 2 is 1.47 bits per heavy atom. The molecule has 0 aliphatic carbocycles. The van der Waals surface area contributed by atoms with Crippen molar-refractivity contribution >= 4 is 46.4 Å². The fraction of sp³-hybridized carbons (Fsp3) is 1.00. The quantitative estimate of drug-likeness (QED) is 0.405. The molecule has 1 aliphatic rings. The van der Waals surface area contributed by atoms with E-state index >= 15 is 0 Å². The number of halogens is 4. The van der Waals surface area contributed by atoms with Gasteiger partial charge in [-0.3, -0.25) is 0 Å². The third kappa shape index (κ3) is 7.17. The summed E-state index contributed by atoms with van der Waals surface area (Å²) in [5.74, 6) is 0. The third-order valence-corrected chi connectivity index (χ3v) is 1.95. The molecule has 0 radical (unpaired) electrons. The molecule has 1 aliphatic heterocycles. The Morgan fingerprint density at radius 3 is 1.82 bits per heavy atom. The van der Waals surface area contributed by atoms with E-state index in [1.165, 1.54) is 0 Å². The Kier molecular flexibility index (Phi) is 7.90. The lowest BCUT2D eigenvalue weighted by molar-refractivity contribution is -0.248. The molecule has 1 saturated heterocycles. The SMILES string of the molecule is ClC(Cl)(Cl)Cl.N[C@H]1C(O)O[C@H](CO)[C@H](O)[C@@H]1O. The number of hydrogen-bond acceptors (Lipinski definition) is 6. The van der Waals surface area contributed by atoms with Crippen LogP contribution >= 0.6 is 46.4 Å². The van der Waals surface area contributed by atoms with Crippen LogP contribution in [-0.4, -0.2) is 60.9 Å². The monoisotopic (exact) mass is 331 g/mol. The fourth-order valence-corrected chi connectivity index (χ4v) is 1.12. The summed E-state index contributed by atoms with van der Waals surface area (Å²) in [5.41, 5.74) is 5.26. The molecule has 5 atom stereocenters. The predicted molar refractivity (Wildman–Crippen MR) is 64.1 cm³/mol. The maximum absolute atomic E-state index is 9.20. The van der Waals surface area contributed by atoms with Gasteiger partial charge in [0, 0.05) is 0 Å². The molecule has 0 aromatic heterocycles. The van der Waals surface area contributed by atoms with Gasteiger partial charge in [0.05, 0.1) is 12.6 Å². The van der Waals surface area contributed by atoms with Crippen molar-refractivity contribution in [1.82, 2.24) is 0 Å². The molecule has 104 valence electrons. The van der Waals surface area contributed by atoms with Gasteiger partial charge >= 0.3 is 0 Å². The lowest BCUT2D eigenvalue weighted by atomic mass is 9.98. The molecule has 10 heteroatoms. The van der Waals surface area contributed by atoms with Crippen LogP contribution in [-0.2, 0) is 4.74 Å². The molecule has 0 aromatic carbocycles. The van der Waals surface area contributed by atoms with Crippen LogP contribution in [0.25, 0.3) is 0 Å². The molecule has 0 amide bonds. The molecule has 0 spiro atoms. The molecule has 6 nitrogen and oxygen atoms in total. The molecular formula is C7H13Cl4NO5. The first-order valence-electron chi connectivity index (χ1n) is 4.39. The molecule has 1 heterocycles. The van der Waals surface area contributed by atoms with Crippen LogP contribution in [0.4, 0.5) is 0 Å². The maximum Gasteiger partial charge on any atom is 0.266 e. The summed E-state index contributed by atoms with van der Waals surface area (Å²) in [4.78, 5) is 0. The summed E-state index contributed by atoms with van der Waals surface area (Å²) in [6.45, 7) is -0.470. The van der Waals surface area contributed by atoms with Crippen molar-refractivity contribution < 1.29 is 25.2 Å². The van der Waals surface area contributed by atoms with E-state index in [1.807, 2.05) is 0 Å². The first kappa shape index (κ1) is 17.9. The normalized spacial score (nSPS) is 38.3. The average Bonchev–Trinajstić information content (AvgIpc) is 2.18. The van der Waals surface area contributed by atoms with Gasteiger partial charge in [0.25, 0.3) is 3.25 Å². The van der Waals surface area contributed by atoms with Gasteiger partial charge in [0.15, 0.2) is 6.29 Å². The van der Waals surface area contributed by atoms with Crippen molar-refractivity contribution in [2.45, 2.75) is 33.9 Å². The van der Waals surface area contributed by atoms with Crippen molar-refractivity contribution in [3.05, 3.63) is 0 Å². The number of aliphatic hydroxyl groups is 4. The van der Waals surface area contributed by atoms with Crippen LogP contribution in [0.3, 0.4) is 0 Å². The van der Waals surface area contributed by atoms with E-state index < -0.39 is 40.5 Å². The second-order valence-corrected chi connectivity index (χ2v) is 6.66. The second-order valence-electron chi connectivity index (χ2n) is 3.23. The van der Waals surface area contributed by atoms with Gasteiger partial charge in [-0.05, 0) is 0 Å². The molecule has 0 bridgehead atoms. The number of alkyl halides is 4. The topological polar surface area (TPSA) is 116 Å². The van der Waals surface area contributed by atoms with E-state index in [-0.39, 0.29) is 0 Å². The van der Waals surface area contributed by atoms with E-state index in [4.69, 9.17) is 67.1 Å². The Morgan fingerprint density at radius 1 is 1.06 bits per heavy atom. The smallest absolute Gasteiger partial charge is 0.266 e. The molecule has 17 heavy (non-hydrogen) atoms. The number of ether oxygens (including phenoxy) is 1. The van der Waals surface area contributed by atoms with Crippen LogP contribution in [0, 0.1) is 0 Å². The van der Waals surface area contributed by atoms with Crippen molar-refractivity contribution in [3.8, 4) is 0 Å². The summed E-state index contributed by atoms with van der Waals surface area (Å²) in [7, 11) is 0. The number of hydrogen-bond donors (Lipinski definition) is 5. The Balaban J connectivity index is 0.000000437. The van der Waals surface area contributed by atoms with E-state index in [0.717, 1.165) is 0 Å². The van der Waals surface area contributed by atoms with Gasteiger partial charge in [-0.2, -0.15) is 0 Å². The number of rotatable bonds is 1. The van der Waals surface area contributed by atoms with Gasteiger partial charge in [0.2, 0.25) is 0 Å². The zero-order chi connectivity index (χ0) is 13.8. The van der Waals surface area contributed by atoms with Crippen LogP contribution in [0.15, 0.2) is 0 Å². The molecule has 0 saturated carbocycles. The zero-order valence-corrected chi connectivity index (χ0v) is 11.4. The highest BCUT2D eigenvalue weighted by Crippen LogP contribution is 2.29. The standard InChI is InChI=1S/C6H13NO5.CCl4/c7-3-5(10)4(9)2(1-8)12-6(3)11;2-1(3,4)5/h2-6,8-11H,1,7H2;/t2-,3-,4+,5-,6?;/m1./s1. The summed E-state index contributed by atoms with van der Waals surface area (Å²) >= 11 is 19.3. The Labute approximate surface area is 118 Å². The number of aliphatic hydroxyl groups excluding tert-OH is 4. The minimum atomic E-state index is -1.61. The van der Waals surface area contributed by atoms with Crippen molar-refractivity contribution in [2.75, 3.05) is 6.61 Å². The third-order valence-electron chi connectivity index (χ3n) is 1.95. The second kappa shape index (κ2) is 7.49. The Hall–Kier alpha value is 0.920. The van der Waals surface area contributed by atoms with E-state index in [2.05, 4.69) is 0 Å². The summed E-state index contributed by atoms with van der Waals surface area (Å²) in [5, 5.41) is 36.1. The Bertz CT molecular complexity index is 218. The maximum atomic E-state index is 9.20. The van der Waals surface area contributed by atoms with Crippen LogP contribution < -0.4 is 5.73 Å². The fourth-order valence-electron chi connectivity index (χ4n) is 1.12. The summed E-state index contributed by atoms with van der Waals surface area (Å²) < 4.78 is 3.09. The average molecular weight is 333 g/mol. The molecule has 1 unspecified atom stereocenters. The highest BCUT2D eigenvalue weighted by atomic mass is 35.6. The first-order valence-corrected chi connectivity index (χ1v) is 5.90. The van der Waals surface area contributed by atoms with Crippen molar-refractivity contribution in [2.24, 2.45) is 5.73 Å². The van der Waals surface area contributed by atoms with Gasteiger partial charge in [-0.15, -0.1) is 0 Å². The minimum Gasteiger partial charge on any atom is -0.394 e. The van der Waals surface area contributed by atoms with E-state index in [0.29, 0.717) is 0 Å². The molecule has 1 fully saturated rings. The largest absolute Gasteiger partial charge is 0.394 e. The van der Waals surface area contributed by atoms with Crippen LogP contribution in [0.1, 0.15) is 0 Å². The van der Waals surface area contributed by atoms with Gasteiger partial charge in [0.1, 0.15) is 18.3 Å². The van der Waals surface area contributed by atoms with Gasteiger partial charge < -0.3 is 30.9 Å². The minimum absolute atomic E-state index is 0.470. The zero-order valence-electron chi connectivity index (χ0n) is 8.38. The van der Waals surface area contributed by atoms with E-state index in [9.17, 15) is 10.2 Å². The van der Waals surface area contributed by atoms with Crippen molar-refractivity contribution in [3.63, 3.8) is 0 Å². The lowest BCUT2D eigenvalue weighted by Crippen LogP contribution is -2.61. The highest BCUT2D eigenvalue weighted by Gasteiger charge is 2.41. The number of nitrogens with two attached hydrogens (primary N) is 1. The highest BCUT2D eigenvalue weighted by molar-refractivity contribution is 6.83. The molecule has 0 aromatic rings. The van der Waals surface area contributed by atoms with E-state index in [1.54, 1.807) is 0 Å². The van der Waals surface area contributed by atoms with Gasteiger partial charge in [-0.1, -0.05) is 46.4 Å². The van der Waals surface area contributed by atoms with Crippen LogP contribution in [0.2, 0.25) is 0 Å². The summed E-state index contributed by atoms with van der Waals surface area (Å²) in [6.07, 6.45) is -4.85. The predicted octanol–water partition coefficient (Wildman–Crippen LogP) is -0.702. The van der Waals surface area contributed by atoms with Gasteiger partial charge in [-0.25, -0.2) is 0 Å². The first-order chi connectivity index (χ1) is 7.57. The molecule has 1 rings (SSSR count).